The van der Waals surface area contributed by atoms with Crippen molar-refractivity contribution >= 4 is 79.3 Å². The summed E-state index contributed by atoms with van der Waals surface area (Å²) >= 11 is 0. The molecular formula is C56H49N3O14. The van der Waals surface area contributed by atoms with Crippen molar-refractivity contribution in [3.8, 4) is 11.5 Å². The molecule has 2 aromatic heterocycles. The van der Waals surface area contributed by atoms with Gasteiger partial charge in [-0.3, -0.25) is 28.8 Å². The lowest BCUT2D eigenvalue weighted by Crippen LogP contribution is -2.60. The number of aromatic nitrogens is 2. The van der Waals surface area contributed by atoms with Crippen LogP contribution in [0.5, 0.6) is 11.5 Å². The number of carbonyl (C=O) groups is 6. The third-order valence-corrected chi connectivity index (χ3v) is 12.7. The van der Waals surface area contributed by atoms with Gasteiger partial charge in [0, 0.05) is 49.2 Å². The topological polar surface area (TPSA) is 200 Å². The Hall–Kier alpha value is -8.54. The molecule has 0 saturated carbocycles. The third-order valence-electron chi connectivity index (χ3n) is 12.7. The Morgan fingerprint density at radius 1 is 0.534 bits per heavy atom. The monoisotopic (exact) mass is 987 g/mol. The van der Waals surface area contributed by atoms with Gasteiger partial charge in [-0.15, -0.1) is 0 Å². The summed E-state index contributed by atoms with van der Waals surface area (Å²) < 4.78 is 51.2. The summed E-state index contributed by atoms with van der Waals surface area (Å²) in [5.41, 5.74) is 4.11. The van der Waals surface area contributed by atoms with Crippen molar-refractivity contribution in [2.75, 3.05) is 13.3 Å². The lowest BCUT2D eigenvalue weighted by Gasteiger charge is -2.45. The van der Waals surface area contributed by atoms with E-state index in [-0.39, 0.29) is 54.3 Å². The van der Waals surface area contributed by atoms with E-state index in [1.807, 2.05) is 97.1 Å². The van der Waals surface area contributed by atoms with Gasteiger partial charge in [-0.25, -0.2) is 4.90 Å². The minimum atomic E-state index is -1.60. The van der Waals surface area contributed by atoms with Gasteiger partial charge in [0.05, 0.1) is 39.8 Å². The van der Waals surface area contributed by atoms with Crippen molar-refractivity contribution in [1.29, 1.82) is 0 Å². The molecule has 372 valence electrons. The molecule has 0 radical (unpaired) electrons. The molecule has 4 heterocycles. The normalized spacial score (nSPS) is 18.5. The second kappa shape index (κ2) is 20.3. The van der Waals surface area contributed by atoms with Gasteiger partial charge in [0.15, 0.2) is 24.5 Å². The smallest absolute Gasteiger partial charge is 0.303 e. The standard InChI is InChI=1S/C56H49N3O14/c1-31(60)67-29-42-51(70-32(2)61)52(71-33(3)62)53(72-34(4)63)56(73-42)59-49-39(23-15-25-41(49)69-28-37-20-12-7-13-21-37)44-46-45(54(64)58(55(46)65)30-66-26-35-16-8-5-9-17-35)43-38-22-14-24-40(47(38)57-48(43)50(44)59)68-27-36-18-10-6-11-19-36/h5-25,42,51-53,56-57H,26-30H2,1-4H3/t42-,51+,52+,53-,56-/m1/s1. The molecule has 0 unspecified atom stereocenters. The summed E-state index contributed by atoms with van der Waals surface area (Å²) in [7, 11) is 0. The zero-order valence-corrected chi connectivity index (χ0v) is 40.2. The molecule has 1 N–H and O–H groups in total. The number of ether oxygens (including phenoxy) is 8. The molecule has 2 amide bonds. The molecule has 73 heavy (non-hydrogen) atoms. The first kappa shape index (κ1) is 48.1. The summed E-state index contributed by atoms with van der Waals surface area (Å²) in [4.78, 5) is 86.9. The van der Waals surface area contributed by atoms with Gasteiger partial charge >= 0.3 is 23.9 Å². The predicted molar refractivity (Wildman–Crippen MR) is 264 cm³/mol. The van der Waals surface area contributed by atoms with Gasteiger partial charge < -0.3 is 47.4 Å². The van der Waals surface area contributed by atoms with Crippen molar-refractivity contribution in [1.82, 2.24) is 14.5 Å². The van der Waals surface area contributed by atoms with E-state index in [0.717, 1.165) is 42.4 Å². The second-order valence-corrected chi connectivity index (χ2v) is 17.7. The summed E-state index contributed by atoms with van der Waals surface area (Å²) in [6.07, 6.45) is -7.54. The Bertz CT molecular complexity index is 3440. The number of rotatable bonds is 16. The van der Waals surface area contributed by atoms with E-state index < -0.39 is 72.9 Å². The zero-order chi connectivity index (χ0) is 50.9. The van der Waals surface area contributed by atoms with E-state index in [1.54, 1.807) is 34.9 Å². The van der Waals surface area contributed by atoms with Gasteiger partial charge in [-0.1, -0.05) is 115 Å². The minimum absolute atomic E-state index is 0.0434. The molecule has 6 aromatic carbocycles. The quantitative estimate of drug-likeness (QED) is 0.0548. The molecule has 17 heteroatoms. The lowest BCUT2D eigenvalue weighted by atomic mass is 9.96. The van der Waals surface area contributed by atoms with Crippen molar-refractivity contribution in [2.24, 2.45) is 0 Å². The van der Waals surface area contributed by atoms with E-state index in [0.29, 0.717) is 38.5 Å². The molecule has 8 aromatic rings. The lowest BCUT2D eigenvalue weighted by molar-refractivity contribution is -0.267. The molecule has 0 aliphatic carbocycles. The van der Waals surface area contributed by atoms with Gasteiger partial charge in [0.2, 0.25) is 0 Å². The number of fused-ring (bicyclic) bond motifs is 10. The Morgan fingerprint density at radius 2 is 1.05 bits per heavy atom. The maximum atomic E-state index is 15.3. The van der Waals surface area contributed by atoms with E-state index in [1.165, 1.54) is 6.92 Å². The number of hydrogen-bond donors (Lipinski definition) is 1. The van der Waals surface area contributed by atoms with Crippen LogP contribution in [-0.4, -0.2) is 87.9 Å². The van der Waals surface area contributed by atoms with Crippen LogP contribution in [0, 0.1) is 0 Å². The Morgan fingerprint density at radius 3 is 1.64 bits per heavy atom. The maximum absolute atomic E-state index is 15.3. The van der Waals surface area contributed by atoms with Crippen molar-refractivity contribution in [3.63, 3.8) is 0 Å². The average molecular weight is 988 g/mol. The first-order chi connectivity index (χ1) is 35.4. The van der Waals surface area contributed by atoms with Crippen molar-refractivity contribution < 1.29 is 66.7 Å². The van der Waals surface area contributed by atoms with Crippen LogP contribution in [0.2, 0.25) is 0 Å². The fourth-order valence-corrected chi connectivity index (χ4v) is 9.82. The SMILES string of the molecule is CC(=O)OC[C@H]1O[C@@H](n2c3c(OCc4ccccc4)cccc3c3c4c(c5c6cccc(OCc7ccccc7)c6[nH]c5c32)C(=O)N(COCc2ccccc2)C4=O)[C@H](OC(C)=O)[C@@H](OC(C)=O)[C@H]1OC(C)=O. The number of hydrogen-bond acceptors (Lipinski definition) is 14. The fraction of sp³-hybridized carbons (Fsp3) is 0.250. The third kappa shape index (κ3) is 9.31. The number of para-hydroxylation sites is 2. The van der Waals surface area contributed by atoms with Gasteiger partial charge in [-0.05, 0) is 28.8 Å². The van der Waals surface area contributed by atoms with Crippen LogP contribution in [0.1, 0.15) is 71.3 Å². The number of amides is 2. The highest BCUT2D eigenvalue weighted by atomic mass is 16.7. The Kier molecular flexibility index (Phi) is 13.4. The molecule has 1 fully saturated rings. The van der Waals surface area contributed by atoms with Crippen LogP contribution in [0.25, 0.3) is 43.6 Å². The van der Waals surface area contributed by atoms with Crippen LogP contribution < -0.4 is 9.47 Å². The molecule has 17 nitrogen and oxygen atoms in total. The molecule has 0 bridgehead atoms. The molecule has 2 aliphatic rings. The number of benzene rings is 6. The van der Waals surface area contributed by atoms with Crippen molar-refractivity contribution in [2.45, 2.75) is 78.2 Å². The van der Waals surface area contributed by atoms with E-state index in [2.05, 4.69) is 4.98 Å². The highest BCUT2D eigenvalue weighted by Crippen LogP contribution is 2.50. The predicted octanol–water partition coefficient (Wildman–Crippen LogP) is 8.61. The molecule has 10 rings (SSSR count). The highest BCUT2D eigenvalue weighted by Gasteiger charge is 2.54. The number of esters is 4. The first-order valence-corrected chi connectivity index (χ1v) is 23.6. The number of nitrogens with one attached hydrogen (secondary N) is 1. The van der Waals surface area contributed by atoms with Crippen LogP contribution in [0.3, 0.4) is 0 Å². The summed E-state index contributed by atoms with van der Waals surface area (Å²) in [5.74, 6) is -3.69. The Balaban J connectivity index is 1.28. The second-order valence-electron chi connectivity index (χ2n) is 17.7. The number of nitrogens with zero attached hydrogens (tertiary/aromatic N) is 2. The van der Waals surface area contributed by atoms with Crippen molar-refractivity contribution in [3.05, 3.63) is 155 Å². The fourth-order valence-electron chi connectivity index (χ4n) is 9.82. The average Bonchev–Trinajstić information content (AvgIpc) is 4.01. The van der Waals surface area contributed by atoms with E-state index >= 15 is 9.59 Å². The molecule has 2 aliphatic heterocycles. The Labute approximate surface area is 417 Å². The minimum Gasteiger partial charge on any atom is -0.487 e. The first-order valence-electron chi connectivity index (χ1n) is 23.6. The summed E-state index contributed by atoms with van der Waals surface area (Å²) in [6, 6.07) is 39.0. The van der Waals surface area contributed by atoms with Gasteiger partial charge in [0.25, 0.3) is 11.8 Å². The number of aromatic amines is 1. The van der Waals surface area contributed by atoms with Crippen LogP contribution in [0.4, 0.5) is 0 Å². The number of carbonyl (C=O) groups excluding carboxylic acids is 6. The molecule has 0 spiro atoms. The van der Waals surface area contributed by atoms with Crippen LogP contribution >= 0.6 is 0 Å². The van der Waals surface area contributed by atoms with Gasteiger partial charge in [-0.2, -0.15) is 0 Å². The summed E-state index contributed by atoms with van der Waals surface area (Å²) in [6.45, 7) is 4.12. The van der Waals surface area contributed by atoms with E-state index in [4.69, 9.17) is 37.9 Å². The van der Waals surface area contributed by atoms with Crippen LogP contribution in [0.15, 0.2) is 127 Å². The number of H-pyrrole nitrogens is 1. The maximum Gasteiger partial charge on any atom is 0.303 e. The molecular weight excluding hydrogens is 939 g/mol. The molecule has 5 atom stereocenters. The number of imide groups is 1. The van der Waals surface area contributed by atoms with Gasteiger partial charge in [0.1, 0.15) is 44.2 Å². The summed E-state index contributed by atoms with van der Waals surface area (Å²) in [5, 5.41) is 1.59. The zero-order valence-electron chi connectivity index (χ0n) is 40.2. The van der Waals surface area contributed by atoms with Crippen LogP contribution in [-0.2, 0) is 67.4 Å². The molecule has 1 saturated heterocycles. The largest absolute Gasteiger partial charge is 0.487 e. The highest BCUT2D eigenvalue weighted by molar-refractivity contribution is 6.39. The van der Waals surface area contributed by atoms with E-state index in [9.17, 15) is 19.2 Å².